The van der Waals surface area contributed by atoms with E-state index in [1.807, 2.05) is 44.4 Å². The molecule has 238 valence electrons. The van der Waals surface area contributed by atoms with Crippen molar-refractivity contribution in [2.75, 3.05) is 0 Å². The molecule has 0 saturated carbocycles. The molecule has 7 aromatic carbocycles. The number of allylic oxidation sites excluding steroid dienone is 3. The minimum absolute atomic E-state index is 1.02. The van der Waals surface area contributed by atoms with E-state index in [0.29, 0.717) is 0 Å². The van der Waals surface area contributed by atoms with Gasteiger partial charge in [0.05, 0.1) is 11.0 Å². The fourth-order valence-electron chi connectivity index (χ4n) is 6.98. The second-order valence-corrected chi connectivity index (χ2v) is 12.5. The Kier molecular flexibility index (Phi) is 8.16. The van der Waals surface area contributed by atoms with E-state index in [4.69, 9.17) is 0 Å². The zero-order chi connectivity index (χ0) is 34.0. The maximum Gasteiger partial charge on any atom is 0.0708 e. The van der Waals surface area contributed by atoms with E-state index in [2.05, 4.69) is 143 Å². The molecule has 0 saturated heterocycles. The van der Waals surface area contributed by atoms with Crippen molar-refractivity contribution in [3.8, 4) is 33.4 Å². The summed E-state index contributed by atoms with van der Waals surface area (Å²) in [5, 5.41) is 10.1. The third kappa shape index (κ3) is 5.59. The first kappa shape index (κ1) is 30.9. The lowest BCUT2D eigenvalue weighted by Gasteiger charge is -2.17. The standard InChI is InChI=1S/C40H24N2.C7H11N/c1-5-31(34-6-3-23-42-38(34)7-1)25-8-10-26(11-9-25)32-17-12-27-15-20-36-33(18-13-28-14-19-35(32)39(27)40(28)36)29-16-21-37-30(24-29)4-2-22-41-37;1-4-6-8-7(3)5-2/h1-24H;4-6H,1H2,2-3H3/b;7-5+,8-6?. The van der Waals surface area contributed by atoms with Crippen LogP contribution in [0.2, 0.25) is 0 Å². The second-order valence-electron chi connectivity index (χ2n) is 12.5. The molecule has 0 fully saturated rings. The van der Waals surface area contributed by atoms with Crippen LogP contribution in [0.25, 0.3) is 87.5 Å². The van der Waals surface area contributed by atoms with Gasteiger partial charge in [0.25, 0.3) is 0 Å². The zero-order valence-electron chi connectivity index (χ0n) is 28.1. The molecule has 0 N–H and O–H groups in total. The molecule has 0 aliphatic rings. The summed E-state index contributed by atoms with van der Waals surface area (Å²) in [6.07, 6.45) is 8.98. The molecule has 9 aromatic rings. The molecule has 0 bridgehead atoms. The summed E-state index contributed by atoms with van der Waals surface area (Å²) in [4.78, 5) is 13.0. The molecular formula is C47H35N3. The Morgan fingerprint density at radius 3 is 1.78 bits per heavy atom. The highest BCUT2D eigenvalue weighted by molar-refractivity contribution is 6.27. The first-order chi connectivity index (χ1) is 24.6. The molecule has 2 heterocycles. The van der Waals surface area contributed by atoms with Crippen molar-refractivity contribution >= 4 is 60.3 Å². The maximum atomic E-state index is 4.54. The van der Waals surface area contributed by atoms with Crippen LogP contribution in [0.1, 0.15) is 13.8 Å². The number of hydrogen-bond donors (Lipinski definition) is 0. The Morgan fingerprint density at radius 1 is 0.540 bits per heavy atom. The summed E-state index contributed by atoms with van der Waals surface area (Å²) in [7, 11) is 0. The predicted molar refractivity (Wildman–Crippen MR) is 215 cm³/mol. The largest absolute Gasteiger partial charge is 0.262 e. The highest BCUT2D eigenvalue weighted by atomic mass is 14.7. The van der Waals surface area contributed by atoms with Crippen molar-refractivity contribution in [1.82, 2.24) is 9.97 Å². The molecule has 0 unspecified atom stereocenters. The summed E-state index contributed by atoms with van der Waals surface area (Å²) in [6.45, 7) is 7.39. The number of benzene rings is 7. The normalized spacial score (nSPS) is 11.9. The van der Waals surface area contributed by atoms with Crippen molar-refractivity contribution in [2.45, 2.75) is 13.8 Å². The summed E-state index contributed by atoms with van der Waals surface area (Å²) in [6, 6.07) is 48.4. The van der Waals surface area contributed by atoms with Gasteiger partial charge < -0.3 is 0 Å². The second kappa shape index (κ2) is 13.2. The van der Waals surface area contributed by atoms with Crippen molar-refractivity contribution in [3.05, 3.63) is 170 Å². The Hall–Kier alpha value is -6.45. The van der Waals surface area contributed by atoms with E-state index >= 15 is 0 Å². The number of aromatic nitrogens is 2. The Balaban J connectivity index is 0.000000406. The van der Waals surface area contributed by atoms with Crippen LogP contribution in [0.3, 0.4) is 0 Å². The van der Waals surface area contributed by atoms with E-state index in [0.717, 1.165) is 22.1 Å². The van der Waals surface area contributed by atoms with Crippen molar-refractivity contribution < 1.29 is 0 Å². The van der Waals surface area contributed by atoms with E-state index in [-0.39, 0.29) is 0 Å². The molecule has 3 nitrogen and oxygen atoms in total. The summed E-state index contributed by atoms with van der Waals surface area (Å²) < 4.78 is 0. The third-order valence-electron chi connectivity index (χ3n) is 9.53. The van der Waals surface area contributed by atoms with Crippen molar-refractivity contribution in [2.24, 2.45) is 4.99 Å². The smallest absolute Gasteiger partial charge is 0.0708 e. The SMILES string of the molecule is C=CC=N/C(C)=C/C.c1cnc2ccc(-c3ccc4ccc5c(-c6ccc(-c7cccc8ncccc78)cc6)ccc6ccc3c4c65)cc2c1. The quantitative estimate of drug-likeness (QED) is 0.139. The molecule has 3 heteroatoms. The first-order valence-corrected chi connectivity index (χ1v) is 16.9. The van der Waals surface area contributed by atoms with E-state index in [1.54, 1.807) is 12.3 Å². The Morgan fingerprint density at radius 2 is 1.12 bits per heavy atom. The lowest BCUT2D eigenvalue weighted by atomic mass is 9.87. The molecule has 9 rings (SSSR count). The topological polar surface area (TPSA) is 38.1 Å². The van der Waals surface area contributed by atoms with Crippen LogP contribution in [0.5, 0.6) is 0 Å². The van der Waals surface area contributed by atoms with Gasteiger partial charge >= 0.3 is 0 Å². The average molecular weight is 642 g/mol. The van der Waals surface area contributed by atoms with Gasteiger partial charge in [-0.25, -0.2) is 0 Å². The number of hydrogen-bond acceptors (Lipinski definition) is 3. The molecule has 0 aliphatic heterocycles. The number of rotatable bonds is 5. The van der Waals surface area contributed by atoms with Gasteiger partial charge in [0, 0.05) is 35.1 Å². The van der Waals surface area contributed by atoms with E-state index in [9.17, 15) is 0 Å². The van der Waals surface area contributed by atoms with Crippen molar-refractivity contribution in [1.29, 1.82) is 0 Å². The van der Waals surface area contributed by atoms with Crippen LogP contribution in [0, 0.1) is 0 Å². The van der Waals surface area contributed by atoms with Crippen LogP contribution < -0.4 is 0 Å². The Bertz CT molecular complexity index is 2730. The summed E-state index contributed by atoms with van der Waals surface area (Å²) in [5.41, 5.74) is 10.4. The lowest BCUT2D eigenvalue weighted by Crippen LogP contribution is -1.90. The highest BCUT2D eigenvalue weighted by Gasteiger charge is 2.15. The van der Waals surface area contributed by atoms with Gasteiger partial charge in [-0.1, -0.05) is 122 Å². The Labute approximate surface area is 292 Å². The summed E-state index contributed by atoms with van der Waals surface area (Å²) in [5.74, 6) is 0. The zero-order valence-corrected chi connectivity index (χ0v) is 28.1. The maximum absolute atomic E-state index is 4.54. The van der Waals surface area contributed by atoms with Gasteiger partial charge in [-0.05, 0) is 110 Å². The molecule has 0 amide bonds. The van der Waals surface area contributed by atoms with Gasteiger partial charge in [-0.3, -0.25) is 15.0 Å². The minimum atomic E-state index is 1.02. The lowest BCUT2D eigenvalue weighted by molar-refractivity contribution is 1.30. The minimum Gasteiger partial charge on any atom is -0.262 e. The molecule has 0 spiro atoms. The number of nitrogens with zero attached hydrogens (tertiary/aromatic N) is 3. The fraction of sp³-hybridized carbons (Fsp3) is 0.0426. The van der Waals surface area contributed by atoms with Gasteiger partial charge in [-0.2, -0.15) is 0 Å². The van der Waals surface area contributed by atoms with E-state index in [1.165, 1.54) is 71.1 Å². The molecule has 2 aromatic heterocycles. The average Bonchev–Trinajstić information content (AvgIpc) is 3.18. The number of fused-ring (bicyclic) bond motifs is 2. The molecular weight excluding hydrogens is 607 g/mol. The van der Waals surface area contributed by atoms with Crippen LogP contribution in [-0.4, -0.2) is 16.2 Å². The predicted octanol–water partition coefficient (Wildman–Crippen LogP) is 12.8. The number of pyridine rings is 2. The van der Waals surface area contributed by atoms with Gasteiger partial charge in [0.2, 0.25) is 0 Å². The highest BCUT2D eigenvalue weighted by Crippen LogP contribution is 2.43. The van der Waals surface area contributed by atoms with Crippen molar-refractivity contribution in [3.63, 3.8) is 0 Å². The molecule has 0 aliphatic carbocycles. The number of aliphatic imine (C=N–C) groups is 1. The van der Waals surface area contributed by atoms with Gasteiger partial charge in [0.15, 0.2) is 0 Å². The fourth-order valence-corrected chi connectivity index (χ4v) is 6.98. The van der Waals surface area contributed by atoms with Crippen LogP contribution in [0.15, 0.2) is 175 Å². The van der Waals surface area contributed by atoms with E-state index < -0.39 is 0 Å². The molecule has 0 atom stereocenters. The van der Waals surface area contributed by atoms with Crippen LogP contribution >= 0.6 is 0 Å². The third-order valence-corrected chi connectivity index (χ3v) is 9.53. The molecule has 50 heavy (non-hydrogen) atoms. The summed E-state index contributed by atoms with van der Waals surface area (Å²) >= 11 is 0. The van der Waals surface area contributed by atoms with Crippen LogP contribution in [0.4, 0.5) is 0 Å². The van der Waals surface area contributed by atoms with Gasteiger partial charge in [-0.15, -0.1) is 0 Å². The molecule has 0 radical (unpaired) electrons. The monoisotopic (exact) mass is 641 g/mol. The van der Waals surface area contributed by atoms with Gasteiger partial charge in [0.1, 0.15) is 0 Å². The first-order valence-electron chi connectivity index (χ1n) is 16.9. The van der Waals surface area contributed by atoms with Crippen LogP contribution in [-0.2, 0) is 0 Å².